The number of carbonyl (C=O) groups excluding carboxylic acids is 2. The van der Waals surface area contributed by atoms with E-state index in [1.165, 1.54) is 6.08 Å². The molecule has 2 atom stereocenters. The summed E-state index contributed by atoms with van der Waals surface area (Å²) in [5, 5.41) is 36.2. The van der Waals surface area contributed by atoms with Crippen LogP contribution in [0.4, 0.5) is 0 Å². The fraction of sp³-hybridized carbons (Fsp3) is 0.375. The number of aliphatic imine (C=N–C) groups is 1. The van der Waals surface area contributed by atoms with Crippen LogP contribution in [0.1, 0.15) is 38.7 Å². The van der Waals surface area contributed by atoms with Crippen LogP contribution in [0.3, 0.4) is 0 Å². The van der Waals surface area contributed by atoms with Crippen LogP contribution >= 0.6 is 0 Å². The Morgan fingerprint density at radius 2 is 1.86 bits per heavy atom. The molecule has 2 rings (SSSR count). The highest BCUT2D eigenvalue weighted by Gasteiger charge is 2.29. The van der Waals surface area contributed by atoms with Gasteiger partial charge in [0, 0.05) is 12.6 Å². The van der Waals surface area contributed by atoms with E-state index in [0.717, 1.165) is 16.3 Å². The van der Waals surface area contributed by atoms with Gasteiger partial charge in [-0.15, -0.1) is 0 Å². The van der Waals surface area contributed by atoms with Crippen molar-refractivity contribution >= 4 is 41.7 Å². The van der Waals surface area contributed by atoms with Gasteiger partial charge in [-0.3, -0.25) is 9.59 Å². The van der Waals surface area contributed by atoms with Gasteiger partial charge in [-0.1, -0.05) is 55.7 Å². The first-order valence-corrected chi connectivity index (χ1v) is 11.9. The summed E-state index contributed by atoms with van der Waals surface area (Å²) in [5.41, 5.74) is 7.92. The monoisotopic (exact) mass is 512 g/mol. The van der Waals surface area contributed by atoms with Crippen LogP contribution in [0.25, 0.3) is 16.8 Å². The van der Waals surface area contributed by atoms with Crippen molar-refractivity contribution in [2.24, 2.45) is 16.6 Å². The number of nitrogens with two attached hydrogens (primary N) is 1. The van der Waals surface area contributed by atoms with Gasteiger partial charge in [0.05, 0.1) is 5.94 Å². The Hall–Kier alpha value is -3.97. The average Bonchev–Trinajstić information content (AvgIpc) is 2.83. The number of hydrogen-bond acceptors (Lipinski definition) is 7. The van der Waals surface area contributed by atoms with Gasteiger partial charge in [-0.25, -0.2) is 15.1 Å². The Bertz CT molecular complexity index is 1140. The molecule has 37 heavy (non-hydrogen) atoms. The molecule has 0 bridgehead atoms. The number of nitrogens with zero attached hydrogens (tertiary/aromatic N) is 2. The highest BCUT2D eigenvalue weighted by Crippen LogP contribution is 2.16. The molecule has 0 saturated heterocycles. The van der Waals surface area contributed by atoms with E-state index in [1.54, 1.807) is 11.5 Å². The smallest absolute Gasteiger partial charge is 0.426 e. The van der Waals surface area contributed by atoms with Gasteiger partial charge < -0.3 is 26.4 Å². The molecule has 198 valence electrons. The lowest BCUT2D eigenvalue weighted by Gasteiger charge is -2.23. The minimum Gasteiger partial charge on any atom is -0.426 e. The van der Waals surface area contributed by atoms with E-state index in [1.807, 2.05) is 56.3 Å². The van der Waals surface area contributed by atoms with Crippen molar-refractivity contribution in [3.63, 3.8) is 0 Å². The summed E-state index contributed by atoms with van der Waals surface area (Å²) in [5.74, 6) is -2.33. The summed E-state index contributed by atoms with van der Waals surface area (Å²) in [6.45, 7) is 3.82. The molecule has 7 N–H and O–H groups in total. The van der Waals surface area contributed by atoms with Crippen molar-refractivity contribution in [1.29, 1.82) is 0 Å². The fourth-order valence-electron chi connectivity index (χ4n) is 3.64. The Morgan fingerprint density at radius 1 is 1.16 bits per heavy atom. The van der Waals surface area contributed by atoms with Crippen LogP contribution in [0.5, 0.6) is 0 Å². The van der Waals surface area contributed by atoms with Crippen LogP contribution in [-0.2, 0) is 9.59 Å². The predicted octanol–water partition coefficient (Wildman–Crippen LogP) is 0.757. The third kappa shape index (κ3) is 10.7. The summed E-state index contributed by atoms with van der Waals surface area (Å²) in [7, 11) is -1.77. The Kier molecular flexibility index (Phi) is 11.5. The zero-order valence-corrected chi connectivity index (χ0v) is 20.8. The van der Waals surface area contributed by atoms with Crippen molar-refractivity contribution in [2.45, 2.75) is 45.1 Å². The van der Waals surface area contributed by atoms with E-state index in [0.29, 0.717) is 6.42 Å². The molecule has 0 spiro atoms. The lowest BCUT2D eigenvalue weighted by atomic mass is 9.75. The standard InChI is InChI=1S/C24H33BN6O6/c1-16(2)14-21(25(34)35)29-23(33)20(8-5-13-27-24(26)30-31(36)37)28-22(32)12-10-17-9-11-18-6-3-4-7-19(18)15-17/h3-4,6-7,9-12,15-16,20-21,34-35H,5,8,13-14H2,1-2H3,(H,28,32)(H,29,33)(H3,26,27,30)/t20-,21-/m0/s1. The Labute approximate surface area is 215 Å². The van der Waals surface area contributed by atoms with E-state index in [9.17, 15) is 29.8 Å². The minimum absolute atomic E-state index is 0.0668. The van der Waals surface area contributed by atoms with Crippen molar-refractivity contribution in [3.8, 4) is 0 Å². The summed E-state index contributed by atoms with van der Waals surface area (Å²) in [6, 6.07) is 12.6. The molecule has 2 aromatic rings. The third-order valence-corrected chi connectivity index (χ3v) is 5.39. The molecule has 0 aliphatic heterocycles. The molecule has 13 heteroatoms. The molecule has 2 amide bonds. The van der Waals surface area contributed by atoms with Gasteiger partial charge in [0.2, 0.25) is 11.8 Å². The molecule has 0 fully saturated rings. The fourth-order valence-corrected chi connectivity index (χ4v) is 3.64. The zero-order chi connectivity index (χ0) is 27.4. The van der Waals surface area contributed by atoms with Crippen molar-refractivity contribution in [3.05, 3.63) is 64.2 Å². The number of guanidine groups is 1. The predicted molar refractivity (Wildman–Crippen MR) is 142 cm³/mol. The molecule has 0 aromatic heterocycles. The number of nitrogens with one attached hydrogen (secondary N) is 3. The number of rotatable bonds is 13. The van der Waals surface area contributed by atoms with Crippen LogP contribution in [0.15, 0.2) is 53.5 Å². The van der Waals surface area contributed by atoms with Crippen molar-refractivity contribution in [2.75, 3.05) is 6.54 Å². The molecule has 0 aliphatic rings. The van der Waals surface area contributed by atoms with Gasteiger partial charge in [0.25, 0.3) is 5.96 Å². The maximum Gasteiger partial charge on any atom is 0.475 e. The number of nitro groups is 1. The molecule has 0 unspecified atom stereocenters. The first-order chi connectivity index (χ1) is 17.5. The first kappa shape index (κ1) is 29.3. The number of carbonyl (C=O) groups is 2. The van der Waals surface area contributed by atoms with Gasteiger partial charge in [0.1, 0.15) is 6.04 Å². The molecule has 0 saturated carbocycles. The van der Waals surface area contributed by atoms with E-state index in [4.69, 9.17) is 5.73 Å². The summed E-state index contributed by atoms with van der Waals surface area (Å²) in [4.78, 5) is 39.8. The number of benzene rings is 2. The van der Waals surface area contributed by atoms with Gasteiger partial charge >= 0.3 is 7.12 Å². The number of hydrazine groups is 1. The normalized spacial score (nSPS) is 13.4. The van der Waals surface area contributed by atoms with Crippen LogP contribution in [0.2, 0.25) is 0 Å². The largest absolute Gasteiger partial charge is 0.475 e. The zero-order valence-electron chi connectivity index (χ0n) is 20.8. The number of amides is 2. The second-order valence-electron chi connectivity index (χ2n) is 8.94. The average molecular weight is 512 g/mol. The minimum atomic E-state index is -1.77. The number of fused-ring (bicyclic) bond motifs is 1. The maximum atomic E-state index is 12.9. The van der Waals surface area contributed by atoms with Crippen LogP contribution < -0.4 is 21.8 Å². The maximum absolute atomic E-state index is 12.9. The van der Waals surface area contributed by atoms with Gasteiger partial charge in [0.15, 0.2) is 5.03 Å². The molecule has 0 aliphatic carbocycles. The van der Waals surface area contributed by atoms with Crippen LogP contribution in [-0.4, -0.2) is 58.5 Å². The lowest BCUT2D eigenvalue weighted by Crippen LogP contribution is -2.54. The molecule has 2 aromatic carbocycles. The molecule has 12 nitrogen and oxygen atoms in total. The molecular formula is C24H33BN6O6. The Morgan fingerprint density at radius 3 is 2.51 bits per heavy atom. The summed E-state index contributed by atoms with van der Waals surface area (Å²) >= 11 is 0. The highest BCUT2D eigenvalue weighted by molar-refractivity contribution is 6.43. The lowest BCUT2D eigenvalue weighted by molar-refractivity contribution is -0.525. The molecule has 0 radical (unpaired) electrons. The highest BCUT2D eigenvalue weighted by atomic mass is 16.7. The third-order valence-electron chi connectivity index (χ3n) is 5.39. The first-order valence-electron chi connectivity index (χ1n) is 11.9. The Balaban J connectivity index is 2.09. The molecule has 0 heterocycles. The van der Waals surface area contributed by atoms with Gasteiger partial charge in [-0.2, -0.15) is 0 Å². The summed E-state index contributed by atoms with van der Waals surface area (Å²) in [6.07, 6.45) is 3.66. The SMILES string of the molecule is CC(C)C[C@H](NC(=O)[C@H](CCCN=C(N)N[N+](=O)[O-])NC(=O)C=Cc1ccc2ccccc2c1)B(O)O. The topological polar surface area (TPSA) is 192 Å². The number of hydrogen-bond donors (Lipinski definition) is 6. The van der Waals surface area contributed by atoms with Crippen LogP contribution in [0, 0.1) is 16.0 Å². The van der Waals surface area contributed by atoms with E-state index in [2.05, 4.69) is 15.6 Å². The van der Waals surface area contributed by atoms with E-state index < -0.39 is 35.9 Å². The quantitative estimate of drug-likeness (QED) is 0.0431. The second kappa shape index (κ2) is 14.6. The molecular weight excluding hydrogens is 479 g/mol. The van der Waals surface area contributed by atoms with Gasteiger partial charge in [-0.05, 0) is 53.7 Å². The van der Waals surface area contributed by atoms with Crippen molar-refractivity contribution < 1.29 is 24.7 Å². The van der Waals surface area contributed by atoms with Crippen molar-refractivity contribution in [1.82, 2.24) is 16.1 Å². The second-order valence-corrected chi connectivity index (χ2v) is 8.94. The van der Waals surface area contributed by atoms with E-state index >= 15 is 0 Å². The summed E-state index contributed by atoms with van der Waals surface area (Å²) < 4.78 is 0. The van der Waals surface area contributed by atoms with E-state index in [-0.39, 0.29) is 31.3 Å².